The van der Waals surface area contributed by atoms with Gasteiger partial charge in [0.05, 0.1) is 10.8 Å². The Bertz CT molecular complexity index is 642. The average molecular weight is 334 g/mol. The minimum absolute atomic E-state index is 0.0470. The molecule has 122 valence electrons. The van der Waals surface area contributed by atoms with Crippen molar-refractivity contribution < 1.29 is 21.6 Å². The van der Waals surface area contributed by atoms with Crippen LogP contribution in [0.1, 0.15) is 31.2 Å². The second-order valence-electron chi connectivity index (χ2n) is 5.40. The van der Waals surface area contributed by atoms with Crippen molar-refractivity contribution in [1.29, 1.82) is 0 Å². The van der Waals surface area contributed by atoms with Crippen LogP contribution in [0.4, 0.5) is 13.2 Å². The van der Waals surface area contributed by atoms with E-state index in [2.05, 4.69) is 9.93 Å². The van der Waals surface area contributed by atoms with Gasteiger partial charge < -0.3 is 0 Å². The van der Waals surface area contributed by atoms with Crippen LogP contribution in [-0.2, 0) is 10.0 Å². The molecule has 2 rings (SSSR count). The second-order valence-corrected chi connectivity index (χ2v) is 7.06. The Morgan fingerprint density at radius 2 is 1.68 bits per heavy atom. The molecule has 1 aliphatic rings. The molecule has 0 amide bonds. The minimum atomic E-state index is -4.19. The van der Waals surface area contributed by atoms with E-state index in [1.807, 2.05) is 6.92 Å². The van der Waals surface area contributed by atoms with Crippen molar-refractivity contribution in [3.63, 3.8) is 0 Å². The predicted molar refractivity (Wildman–Crippen MR) is 76.9 cm³/mol. The van der Waals surface area contributed by atoms with Gasteiger partial charge in [-0.25, -0.2) is 4.83 Å². The van der Waals surface area contributed by atoms with E-state index in [-0.39, 0.29) is 30.6 Å². The fourth-order valence-corrected chi connectivity index (χ4v) is 3.13. The SMILES string of the molecule is Cc1ccc(S(=O)(=O)NN=C2CCC(C(F)(F)F)CC2)cc1. The standard InChI is InChI=1S/C14H17F3N2O2S/c1-10-2-8-13(9-3-10)22(20,21)19-18-12-6-4-11(5-7-12)14(15,16)17/h2-3,8-9,11,19H,4-7H2,1H3. The molecule has 0 heterocycles. The molecule has 0 spiro atoms. The number of benzene rings is 1. The van der Waals surface area contributed by atoms with Gasteiger partial charge in [-0.15, -0.1) is 0 Å². The lowest BCUT2D eigenvalue weighted by molar-refractivity contribution is -0.178. The van der Waals surface area contributed by atoms with Crippen molar-refractivity contribution in [2.75, 3.05) is 0 Å². The first kappa shape index (κ1) is 16.8. The molecular weight excluding hydrogens is 317 g/mol. The molecule has 22 heavy (non-hydrogen) atoms. The first-order valence-electron chi connectivity index (χ1n) is 6.89. The van der Waals surface area contributed by atoms with Crippen molar-refractivity contribution in [2.24, 2.45) is 11.0 Å². The van der Waals surface area contributed by atoms with Gasteiger partial charge >= 0.3 is 6.18 Å². The van der Waals surface area contributed by atoms with Crippen LogP contribution in [0.3, 0.4) is 0 Å². The Balaban J connectivity index is 1.99. The third-order valence-corrected chi connectivity index (χ3v) is 4.91. The first-order valence-corrected chi connectivity index (χ1v) is 8.37. The minimum Gasteiger partial charge on any atom is -0.200 e. The van der Waals surface area contributed by atoms with Gasteiger partial charge in [-0.3, -0.25) is 0 Å². The molecule has 0 aromatic heterocycles. The molecule has 1 aromatic rings. The number of aryl methyl sites for hydroxylation is 1. The molecule has 1 aromatic carbocycles. The fraction of sp³-hybridized carbons (Fsp3) is 0.500. The van der Waals surface area contributed by atoms with E-state index in [9.17, 15) is 21.6 Å². The molecule has 8 heteroatoms. The largest absolute Gasteiger partial charge is 0.391 e. The summed E-state index contributed by atoms with van der Waals surface area (Å²) in [6.45, 7) is 1.84. The van der Waals surface area contributed by atoms with Gasteiger partial charge in [-0.2, -0.15) is 26.7 Å². The molecular formula is C14H17F3N2O2S. The molecule has 0 atom stereocenters. The monoisotopic (exact) mass is 334 g/mol. The maximum absolute atomic E-state index is 12.5. The maximum Gasteiger partial charge on any atom is 0.391 e. The van der Waals surface area contributed by atoms with Crippen LogP contribution in [0.25, 0.3) is 0 Å². The Hall–Kier alpha value is -1.57. The van der Waals surface area contributed by atoms with Crippen molar-refractivity contribution in [3.8, 4) is 0 Å². The summed E-state index contributed by atoms with van der Waals surface area (Å²) in [6.07, 6.45) is -3.97. The molecule has 0 saturated heterocycles. The summed E-state index contributed by atoms with van der Waals surface area (Å²) in [7, 11) is -3.78. The summed E-state index contributed by atoms with van der Waals surface area (Å²) in [6, 6.07) is 6.24. The predicted octanol–water partition coefficient (Wildman–Crippen LogP) is 3.38. The number of alkyl halides is 3. The molecule has 0 radical (unpaired) electrons. The van der Waals surface area contributed by atoms with Gasteiger partial charge in [-0.05, 0) is 44.7 Å². The first-order chi connectivity index (χ1) is 10.2. The van der Waals surface area contributed by atoms with E-state index < -0.39 is 22.1 Å². The summed E-state index contributed by atoms with van der Waals surface area (Å²) in [5.41, 5.74) is 1.38. The summed E-state index contributed by atoms with van der Waals surface area (Å²) >= 11 is 0. The van der Waals surface area contributed by atoms with E-state index in [1.54, 1.807) is 12.1 Å². The number of nitrogens with zero attached hydrogens (tertiary/aromatic N) is 1. The van der Waals surface area contributed by atoms with Crippen LogP contribution in [0.2, 0.25) is 0 Å². The number of hydrogen-bond acceptors (Lipinski definition) is 3. The second kappa shape index (κ2) is 6.28. The van der Waals surface area contributed by atoms with Crippen LogP contribution >= 0.6 is 0 Å². The number of rotatable bonds is 3. The Labute approximate surface area is 127 Å². The molecule has 1 N–H and O–H groups in total. The smallest absolute Gasteiger partial charge is 0.200 e. The van der Waals surface area contributed by atoms with Gasteiger partial charge in [-0.1, -0.05) is 17.7 Å². The van der Waals surface area contributed by atoms with E-state index in [1.165, 1.54) is 12.1 Å². The molecule has 4 nitrogen and oxygen atoms in total. The number of nitrogens with one attached hydrogen (secondary N) is 1. The average Bonchev–Trinajstić information content (AvgIpc) is 2.45. The zero-order chi connectivity index (χ0) is 16.4. The summed E-state index contributed by atoms with van der Waals surface area (Å²) < 4.78 is 61.7. The van der Waals surface area contributed by atoms with E-state index in [4.69, 9.17) is 0 Å². The molecule has 1 saturated carbocycles. The highest BCUT2D eigenvalue weighted by atomic mass is 32.2. The van der Waals surface area contributed by atoms with Crippen LogP contribution in [0.5, 0.6) is 0 Å². The molecule has 0 aliphatic heterocycles. The number of hydrazone groups is 1. The van der Waals surface area contributed by atoms with Crippen LogP contribution in [0, 0.1) is 12.8 Å². The molecule has 0 bridgehead atoms. The van der Waals surface area contributed by atoms with Crippen molar-refractivity contribution >= 4 is 15.7 Å². The highest BCUT2D eigenvalue weighted by Gasteiger charge is 2.40. The number of sulfonamides is 1. The van der Waals surface area contributed by atoms with E-state index in [0.717, 1.165) is 5.56 Å². The topological polar surface area (TPSA) is 58.5 Å². The zero-order valence-corrected chi connectivity index (χ0v) is 12.8. The lowest BCUT2D eigenvalue weighted by Gasteiger charge is -2.25. The third-order valence-electron chi connectivity index (χ3n) is 3.68. The Morgan fingerprint density at radius 1 is 1.14 bits per heavy atom. The Morgan fingerprint density at radius 3 is 2.18 bits per heavy atom. The van der Waals surface area contributed by atoms with Gasteiger partial charge in [0.25, 0.3) is 10.0 Å². The normalized spacial score (nSPS) is 19.8. The van der Waals surface area contributed by atoms with Crippen molar-refractivity contribution in [3.05, 3.63) is 29.8 Å². The zero-order valence-electron chi connectivity index (χ0n) is 12.0. The van der Waals surface area contributed by atoms with Gasteiger partial charge in [0.1, 0.15) is 0 Å². The molecule has 0 unspecified atom stereocenters. The van der Waals surface area contributed by atoms with Gasteiger partial charge in [0, 0.05) is 5.71 Å². The van der Waals surface area contributed by atoms with Crippen LogP contribution < -0.4 is 4.83 Å². The number of hydrogen-bond donors (Lipinski definition) is 1. The number of halogens is 3. The fourth-order valence-electron chi connectivity index (χ4n) is 2.28. The third kappa shape index (κ3) is 4.22. The van der Waals surface area contributed by atoms with Gasteiger partial charge in [0.15, 0.2) is 0 Å². The van der Waals surface area contributed by atoms with Crippen LogP contribution in [0.15, 0.2) is 34.3 Å². The summed E-state index contributed by atoms with van der Waals surface area (Å²) in [5, 5.41) is 3.78. The van der Waals surface area contributed by atoms with Crippen molar-refractivity contribution in [2.45, 2.75) is 43.7 Å². The van der Waals surface area contributed by atoms with Crippen molar-refractivity contribution in [1.82, 2.24) is 4.83 Å². The Kier molecular flexibility index (Phi) is 4.79. The van der Waals surface area contributed by atoms with Gasteiger partial charge in [0.2, 0.25) is 0 Å². The van der Waals surface area contributed by atoms with E-state index >= 15 is 0 Å². The highest BCUT2D eigenvalue weighted by Crippen LogP contribution is 2.36. The molecule has 1 fully saturated rings. The quantitative estimate of drug-likeness (QED) is 0.862. The van der Waals surface area contributed by atoms with E-state index in [0.29, 0.717) is 5.71 Å². The lowest BCUT2D eigenvalue weighted by atomic mass is 9.87. The van der Waals surface area contributed by atoms with Crippen LogP contribution in [-0.4, -0.2) is 20.3 Å². The molecule has 1 aliphatic carbocycles. The summed E-state index contributed by atoms with van der Waals surface area (Å²) in [5.74, 6) is -1.32. The lowest BCUT2D eigenvalue weighted by Crippen LogP contribution is -2.29. The maximum atomic E-state index is 12.5. The highest BCUT2D eigenvalue weighted by molar-refractivity contribution is 7.89. The summed E-state index contributed by atoms with van der Waals surface area (Å²) in [4.78, 5) is 2.17.